The van der Waals surface area contributed by atoms with Gasteiger partial charge in [0.15, 0.2) is 0 Å². The summed E-state index contributed by atoms with van der Waals surface area (Å²) in [5.41, 5.74) is -0.709. The predicted octanol–water partition coefficient (Wildman–Crippen LogP) is 3.39. The molecule has 226 valence electrons. The number of hydrogen-bond acceptors (Lipinski definition) is 6. The molecule has 1 aliphatic heterocycles. The van der Waals surface area contributed by atoms with E-state index < -0.39 is 39.0 Å². The summed E-state index contributed by atoms with van der Waals surface area (Å²) in [5, 5.41) is 2.92. The fourth-order valence-corrected chi connectivity index (χ4v) is 6.79. The van der Waals surface area contributed by atoms with E-state index in [4.69, 9.17) is 0 Å². The van der Waals surface area contributed by atoms with Gasteiger partial charge in [-0.25, -0.2) is 13.6 Å². The Hall–Kier alpha value is -4.30. The Balaban J connectivity index is 1.59. The van der Waals surface area contributed by atoms with E-state index in [-0.39, 0.29) is 64.9 Å². The Morgan fingerprint density at radius 3 is 2.37 bits per heavy atom. The number of rotatable bonds is 7. The van der Waals surface area contributed by atoms with Crippen LogP contribution in [0.4, 0.5) is 26.0 Å². The molecule has 3 heterocycles. The number of alkyl halides is 1. The summed E-state index contributed by atoms with van der Waals surface area (Å²) in [6, 6.07) is 10.1. The molecule has 2 aliphatic rings. The van der Waals surface area contributed by atoms with Gasteiger partial charge in [0.05, 0.1) is 22.6 Å². The first-order valence-electron chi connectivity index (χ1n) is 13.8. The molecule has 1 unspecified atom stereocenters. The van der Waals surface area contributed by atoms with Gasteiger partial charge < -0.3 is 5.32 Å². The van der Waals surface area contributed by atoms with Crippen molar-refractivity contribution in [3.05, 3.63) is 90.6 Å². The number of pyridine rings is 1. The first kappa shape index (κ1) is 28.8. The van der Waals surface area contributed by atoms with Crippen molar-refractivity contribution in [1.29, 1.82) is 0 Å². The first-order chi connectivity index (χ1) is 20.4. The topological polar surface area (TPSA) is 127 Å². The molecule has 1 atom stereocenters. The van der Waals surface area contributed by atoms with Crippen molar-refractivity contribution >= 4 is 38.3 Å². The number of fused-ring (bicyclic) bond motifs is 1. The average molecular weight is 613 g/mol. The molecular weight excluding hydrogens is 582 g/mol. The molecule has 6 rings (SSSR count). The molecule has 0 bridgehead atoms. The largest absolute Gasteiger partial charge is 0.338 e. The lowest BCUT2D eigenvalue weighted by molar-refractivity contribution is 0.343. The highest BCUT2D eigenvalue weighted by atomic mass is 32.2. The SMILES string of the molecule is Cc1ccc(Nc2c3c(=O)n(C4CC4)c(=O)n(-c4cccc(NS(=O)(=O)N5CCC(F)C5)c4)c3c(C)c(=O)n2C)c(F)c1. The third-order valence-corrected chi connectivity index (χ3v) is 9.42. The number of nitrogens with one attached hydrogen (secondary N) is 2. The zero-order valence-electron chi connectivity index (χ0n) is 23.7. The average Bonchev–Trinajstić information content (AvgIpc) is 3.68. The number of aryl methyl sites for hydroxylation is 2. The van der Waals surface area contributed by atoms with Gasteiger partial charge in [-0.3, -0.25) is 28.0 Å². The maximum Gasteiger partial charge on any atom is 0.336 e. The lowest BCUT2D eigenvalue weighted by atomic mass is 10.1. The molecule has 1 aliphatic carbocycles. The fourth-order valence-electron chi connectivity index (χ4n) is 5.53. The standard InChI is InChI=1S/C29H30F2N6O5S/c1-16-7-10-23(22(31)13-16)32-26-24-25(17(2)27(38)34(26)3)36(29(40)37(28(24)39)20-8-9-20)21-6-4-5-19(14-21)33-43(41,42)35-12-11-18(30)15-35/h4-7,10,13-14,18,20,32-33H,8-9,11-12,15H2,1-3H3. The molecule has 0 radical (unpaired) electrons. The van der Waals surface area contributed by atoms with Crippen molar-refractivity contribution in [1.82, 2.24) is 18.0 Å². The molecule has 0 amide bonds. The van der Waals surface area contributed by atoms with Crippen LogP contribution < -0.4 is 26.8 Å². The molecule has 1 saturated heterocycles. The van der Waals surface area contributed by atoms with Crippen molar-refractivity contribution in [2.75, 3.05) is 23.1 Å². The van der Waals surface area contributed by atoms with E-state index in [0.29, 0.717) is 18.4 Å². The predicted molar refractivity (Wildman–Crippen MR) is 160 cm³/mol. The van der Waals surface area contributed by atoms with E-state index in [1.165, 1.54) is 53.4 Å². The second kappa shape index (κ2) is 10.5. The van der Waals surface area contributed by atoms with Gasteiger partial charge in [0.25, 0.3) is 11.1 Å². The number of benzene rings is 2. The fraction of sp³-hybridized carbons (Fsp3) is 0.345. The van der Waals surface area contributed by atoms with Crippen LogP contribution in [0.5, 0.6) is 0 Å². The van der Waals surface area contributed by atoms with Gasteiger partial charge >= 0.3 is 15.9 Å². The number of anilines is 3. The molecule has 2 N–H and O–H groups in total. The molecule has 0 spiro atoms. The van der Waals surface area contributed by atoms with Gasteiger partial charge in [-0.2, -0.15) is 12.7 Å². The summed E-state index contributed by atoms with van der Waals surface area (Å²) in [6.45, 7) is 3.00. The molecule has 2 aromatic carbocycles. The van der Waals surface area contributed by atoms with E-state index in [1.807, 2.05) is 0 Å². The van der Waals surface area contributed by atoms with Crippen LogP contribution in [0.2, 0.25) is 0 Å². The van der Waals surface area contributed by atoms with Crippen molar-refractivity contribution < 1.29 is 17.2 Å². The highest BCUT2D eigenvalue weighted by Crippen LogP contribution is 2.34. The van der Waals surface area contributed by atoms with Gasteiger partial charge in [-0.15, -0.1) is 0 Å². The third-order valence-electron chi connectivity index (χ3n) is 7.92. The van der Waals surface area contributed by atoms with E-state index in [2.05, 4.69) is 10.0 Å². The zero-order chi connectivity index (χ0) is 30.8. The van der Waals surface area contributed by atoms with Crippen LogP contribution in [0, 0.1) is 19.7 Å². The summed E-state index contributed by atoms with van der Waals surface area (Å²) >= 11 is 0. The highest BCUT2D eigenvalue weighted by Gasteiger charge is 2.33. The van der Waals surface area contributed by atoms with Crippen LogP contribution in [0.15, 0.2) is 56.8 Å². The lowest BCUT2D eigenvalue weighted by Gasteiger charge is -2.21. The molecule has 43 heavy (non-hydrogen) atoms. The van der Waals surface area contributed by atoms with E-state index in [9.17, 15) is 31.6 Å². The minimum atomic E-state index is -4.08. The molecule has 2 aromatic heterocycles. The summed E-state index contributed by atoms with van der Waals surface area (Å²) in [6.07, 6.45) is 0.0539. The minimum Gasteiger partial charge on any atom is -0.338 e. The van der Waals surface area contributed by atoms with Crippen LogP contribution in [-0.2, 0) is 17.3 Å². The number of hydrogen-bond donors (Lipinski definition) is 2. The highest BCUT2D eigenvalue weighted by molar-refractivity contribution is 7.90. The van der Waals surface area contributed by atoms with E-state index >= 15 is 0 Å². The van der Waals surface area contributed by atoms with Gasteiger partial charge in [0.1, 0.15) is 23.2 Å². The second-order valence-electron chi connectivity index (χ2n) is 11.1. The summed E-state index contributed by atoms with van der Waals surface area (Å²) in [5.74, 6) is -0.581. The zero-order valence-corrected chi connectivity index (χ0v) is 24.5. The Bertz CT molecular complexity index is 2080. The van der Waals surface area contributed by atoms with E-state index in [1.54, 1.807) is 19.1 Å². The minimum absolute atomic E-state index is 0.00288. The normalized spacial score (nSPS) is 17.5. The maximum absolute atomic E-state index is 14.9. The smallest absolute Gasteiger partial charge is 0.336 e. The quantitative estimate of drug-likeness (QED) is 0.330. The summed E-state index contributed by atoms with van der Waals surface area (Å²) in [7, 11) is -2.63. The summed E-state index contributed by atoms with van der Waals surface area (Å²) in [4.78, 5) is 41.4. The molecule has 11 nitrogen and oxygen atoms in total. The summed E-state index contributed by atoms with van der Waals surface area (Å²) < 4.78 is 61.5. The van der Waals surface area contributed by atoms with Crippen LogP contribution in [0.3, 0.4) is 0 Å². The molecule has 4 aromatic rings. The molecule has 1 saturated carbocycles. The monoisotopic (exact) mass is 612 g/mol. The van der Waals surface area contributed by atoms with Gasteiger partial charge in [-0.05, 0) is 69.0 Å². The van der Waals surface area contributed by atoms with Crippen LogP contribution in [0.1, 0.15) is 36.4 Å². The van der Waals surface area contributed by atoms with Crippen LogP contribution >= 0.6 is 0 Å². The van der Waals surface area contributed by atoms with Crippen molar-refractivity contribution in [2.45, 2.75) is 45.3 Å². The van der Waals surface area contributed by atoms with Crippen molar-refractivity contribution in [3.63, 3.8) is 0 Å². The van der Waals surface area contributed by atoms with Gasteiger partial charge in [0, 0.05) is 31.7 Å². The number of halogens is 2. The Morgan fingerprint density at radius 1 is 0.977 bits per heavy atom. The molecular formula is C29H30F2N6O5S. The van der Waals surface area contributed by atoms with Crippen molar-refractivity contribution in [2.24, 2.45) is 7.05 Å². The van der Waals surface area contributed by atoms with Gasteiger partial charge in [-0.1, -0.05) is 12.1 Å². The first-order valence-corrected chi connectivity index (χ1v) is 15.3. The van der Waals surface area contributed by atoms with E-state index in [0.717, 1.165) is 8.87 Å². The molecule has 14 heteroatoms. The number of nitrogens with zero attached hydrogens (tertiary/aromatic N) is 4. The van der Waals surface area contributed by atoms with Crippen LogP contribution in [-0.4, -0.2) is 45.7 Å². The number of aromatic nitrogens is 3. The van der Waals surface area contributed by atoms with Crippen LogP contribution in [0.25, 0.3) is 16.6 Å². The Kier molecular flexibility index (Phi) is 7.00. The van der Waals surface area contributed by atoms with Gasteiger partial charge in [0.2, 0.25) is 0 Å². The molecule has 2 fully saturated rings. The Labute approximate surface area is 245 Å². The Morgan fingerprint density at radius 2 is 1.72 bits per heavy atom. The van der Waals surface area contributed by atoms with Crippen molar-refractivity contribution in [3.8, 4) is 5.69 Å². The lowest BCUT2D eigenvalue weighted by Crippen LogP contribution is -2.41. The maximum atomic E-state index is 14.9. The third kappa shape index (κ3) is 5.03. The second-order valence-corrected chi connectivity index (χ2v) is 12.8.